The Balaban J connectivity index is 1.29. The molecule has 0 bridgehead atoms. The molecule has 7 rings (SSSR count). The van der Waals surface area contributed by atoms with E-state index in [1.807, 2.05) is 77.7 Å². The molecule has 4 aromatic carbocycles. The van der Waals surface area contributed by atoms with Crippen LogP contribution in [0.25, 0.3) is 10.9 Å². The summed E-state index contributed by atoms with van der Waals surface area (Å²) in [7, 11) is -3.42. The first-order chi connectivity index (χ1) is 24.5. The van der Waals surface area contributed by atoms with E-state index in [9.17, 15) is 14.4 Å². The molecule has 0 amide bonds. The van der Waals surface area contributed by atoms with E-state index in [-0.39, 0.29) is 29.8 Å². The van der Waals surface area contributed by atoms with E-state index in [1.54, 1.807) is 25.1 Å². The first-order valence-electron chi connectivity index (χ1n) is 17.8. The van der Waals surface area contributed by atoms with Crippen LogP contribution in [-0.2, 0) is 9.53 Å². The van der Waals surface area contributed by atoms with Gasteiger partial charge in [-0.05, 0) is 83.6 Å². The third-order valence-electron chi connectivity index (χ3n) is 10.9. The van der Waals surface area contributed by atoms with Gasteiger partial charge in [0.25, 0.3) is 14.2 Å². The van der Waals surface area contributed by atoms with Gasteiger partial charge in [-0.15, -0.1) is 5.10 Å². The minimum absolute atomic E-state index is 0.248. The Bertz CT molecular complexity index is 2030. The van der Waals surface area contributed by atoms with Crippen molar-refractivity contribution in [1.82, 2.24) is 9.78 Å². The number of rotatable bonds is 10. The van der Waals surface area contributed by atoms with Crippen molar-refractivity contribution in [2.45, 2.75) is 57.4 Å². The Morgan fingerprint density at radius 2 is 1.59 bits per heavy atom. The summed E-state index contributed by atoms with van der Waals surface area (Å²) in [5, 5.41) is 6.54. The number of halogens is 2. The number of piperidine rings is 1. The maximum atomic E-state index is 15.9. The van der Waals surface area contributed by atoms with E-state index in [4.69, 9.17) is 21.4 Å². The van der Waals surface area contributed by atoms with E-state index in [0.717, 1.165) is 28.8 Å². The average Bonchev–Trinajstić information content (AvgIpc) is 3.91. The summed E-state index contributed by atoms with van der Waals surface area (Å²) >= 11 is 6.65. The molecule has 1 N–H and O–H groups in total. The number of hydrogen-bond donors (Lipinski definition) is 1. The van der Waals surface area contributed by atoms with Crippen molar-refractivity contribution in [3.8, 4) is 0 Å². The first-order valence-corrected chi connectivity index (χ1v) is 20.1. The zero-order valence-electron chi connectivity index (χ0n) is 29.2. The third-order valence-corrected chi connectivity index (χ3v) is 15.7. The highest BCUT2D eigenvalue weighted by molar-refractivity contribution is 6.98. The van der Waals surface area contributed by atoms with Crippen LogP contribution in [0.1, 0.15) is 68.3 Å². The first kappa shape index (κ1) is 35.1. The molecule has 51 heavy (non-hydrogen) atoms. The van der Waals surface area contributed by atoms with E-state index in [1.165, 1.54) is 10.7 Å². The largest absolute Gasteiger partial charge is 0.466 e. The lowest BCUT2D eigenvalue weighted by atomic mass is 9.80. The molecular formula is C41H43ClFN3O4Si. The van der Waals surface area contributed by atoms with E-state index < -0.39 is 31.0 Å². The topological polar surface area (TPSA) is 84.7 Å². The third kappa shape index (κ3) is 6.40. The second kappa shape index (κ2) is 14.0. The second-order valence-corrected chi connectivity index (χ2v) is 18.9. The number of aromatic nitrogens is 2. The molecule has 1 aliphatic heterocycles. The fraction of sp³-hybridized carbons (Fsp3) is 0.341. The zero-order valence-corrected chi connectivity index (χ0v) is 30.9. The minimum atomic E-state index is -3.42. The van der Waals surface area contributed by atoms with Crippen LogP contribution >= 0.6 is 11.6 Å². The Hall–Kier alpha value is -4.31. The monoisotopic (exact) mass is 723 g/mol. The van der Waals surface area contributed by atoms with Crippen molar-refractivity contribution in [2.24, 2.45) is 11.8 Å². The van der Waals surface area contributed by atoms with E-state index >= 15 is 4.39 Å². The number of benzene rings is 4. The molecule has 1 aliphatic carbocycles. The quantitative estimate of drug-likeness (QED) is 0.120. The second-order valence-electron chi connectivity index (χ2n) is 14.5. The Morgan fingerprint density at radius 3 is 2.22 bits per heavy atom. The predicted molar refractivity (Wildman–Crippen MR) is 202 cm³/mol. The van der Waals surface area contributed by atoms with Crippen LogP contribution in [0.4, 0.5) is 10.2 Å². The number of fused-ring (bicyclic) bond motifs is 1. The summed E-state index contributed by atoms with van der Waals surface area (Å²) in [6.07, 6.45) is 2.91. The predicted octanol–water partition coefficient (Wildman–Crippen LogP) is 7.32. The summed E-state index contributed by atoms with van der Waals surface area (Å²) in [6, 6.07) is 29.8. The molecule has 1 aromatic heterocycles. The molecule has 2 heterocycles. The highest BCUT2D eigenvalue weighted by Crippen LogP contribution is 2.47. The fourth-order valence-corrected chi connectivity index (χ4v) is 12.3. The van der Waals surface area contributed by atoms with E-state index in [2.05, 4.69) is 13.8 Å². The van der Waals surface area contributed by atoms with Crippen molar-refractivity contribution < 1.29 is 23.5 Å². The van der Waals surface area contributed by atoms with Crippen LogP contribution in [0.15, 0.2) is 97.1 Å². The van der Waals surface area contributed by atoms with Crippen molar-refractivity contribution in [3.63, 3.8) is 0 Å². The molecule has 0 radical (unpaired) electrons. The van der Waals surface area contributed by atoms with Gasteiger partial charge in [0, 0.05) is 13.1 Å². The van der Waals surface area contributed by atoms with Crippen LogP contribution in [0.3, 0.4) is 0 Å². The molecule has 1 saturated carbocycles. The molecular weight excluding hydrogens is 681 g/mol. The molecule has 10 heteroatoms. The van der Waals surface area contributed by atoms with Gasteiger partial charge >= 0.3 is 5.97 Å². The normalized spacial score (nSPS) is 18.2. The van der Waals surface area contributed by atoms with Gasteiger partial charge in [0.15, 0.2) is 5.82 Å². The lowest BCUT2D eigenvalue weighted by Crippen LogP contribution is -2.66. The van der Waals surface area contributed by atoms with Gasteiger partial charge in [-0.3, -0.25) is 9.59 Å². The molecule has 0 spiro atoms. The van der Waals surface area contributed by atoms with Crippen LogP contribution in [0.5, 0.6) is 0 Å². The Labute approximate surface area is 304 Å². The number of carbonyl (C=O) groups excluding carboxylic acids is 2. The molecule has 1 saturated heterocycles. The van der Waals surface area contributed by atoms with Gasteiger partial charge in [0.05, 0.1) is 34.0 Å². The number of anilines is 1. The van der Waals surface area contributed by atoms with Gasteiger partial charge in [0.2, 0.25) is 0 Å². The number of esters is 1. The van der Waals surface area contributed by atoms with Gasteiger partial charge in [-0.2, -0.15) is 4.68 Å². The van der Waals surface area contributed by atoms with Gasteiger partial charge in [-0.1, -0.05) is 104 Å². The molecule has 2 atom stereocenters. The minimum Gasteiger partial charge on any atom is -0.466 e. The lowest BCUT2D eigenvalue weighted by molar-refractivity contribution is -0.150. The number of carbonyl (C=O) groups is 2. The molecule has 2 fully saturated rings. The summed E-state index contributed by atoms with van der Waals surface area (Å²) in [4.78, 5) is 42.8. The van der Waals surface area contributed by atoms with Crippen molar-refractivity contribution in [1.29, 1.82) is 0 Å². The Morgan fingerprint density at radius 1 is 0.941 bits per heavy atom. The number of nitrogens with zero attached hydrogens (tertiary/aromatic N) is 3. The summed E-state index contributed by atoms with van der Waals surface area (Å²) < 4.78 is 22.7. The zero-order chi connectivity index (χ0) is 35.9. The summed E-state index contributed by atoms with van der Waals surface area (Å²) in [6.45, 7) is 7.00. The molecule has 264 valence electrons. The van der Waals surface area contributed by atoms with Gasteiger partial charge < -0.3 is 14.4 Å². The average molecular weight is 724 g/mol. The SMILES string of the molecule is CCOC(=O)[C@@H]1CCN(c2nn(C(=O)c3c(Cl)cccc3C3CC3)c3cccc(F)c23)C[C@H]1CC(C)(C)[Si](O)(c1ccccc1)c1ccccc1. The summed E-state index contributed by atoms with van der Waals surface area (Å²) in [5.41, 5.74) is 1.64. The van der Waals surface area contributed by atoms with Crippen LogP contribution < -0.4 is 15.3 Å². The Kier molecular flexibility index (Phi) is 9.65. The van der Waals surface area contributed by atoms with Crippen molar-refractivity contribution >= 4 is 58.9 Å². The van der Waals surface area contributed by atoms with Crippen molar-refractivity contribution in [2.75, 3.05) is 24.6 Å². The molecule has 5 aromatic rings. The van der Waals surface area contributed by atoms with Crippen molar-refractivity contribution in [3.05, 3.63) is 119 Å². The highest BCUT2D eigenvalue weighted by Gasteiger charge is 2.52. The van der Waals surface area contributed by atoms with Gasteiger partial charge in [0.1, 0.15) is 5.82 Å². The fourth-order valence-electron chi connectivity index (χ4n) is 8.19. The van der Waals surface area contributed by atoms with E-state index in [0.29, 0.717) is 47.9 Å². The maximum absolute atomic E-state index is 15.9. The molecule has 0 unspecified atom stereocenters. The molecule has 7 nitrogen and oxygen atoms in total. The summed E-state index contributed by atoms with van der Waals surface area (Å²) in [5.74, 6) is -1.25. The van der Waals surface area contributed by atoms with Crippen LogP contribution in [-0.4, -0.2) is 54.5 Å². The van der Waals surface area contributed by atoms with Gasteiger partial charge in [-0.25, -0.2) is 4.39 Å². The smallest absolute Gasteiger partial charge is 0.309 e. The highest BCUT2D eigenvalue weighted by atomic mass is 35.5. The standard InChI is InChI=1S/C41H43ClFN3O4Si/c1-4-50-40(48)32-23-24-45(26-28(32)25-41(2,3)51(49,29-13-7-5-8-14-29)30-15-9-6-10-16-30)38-37-34(43)19-12-20-35(37)46(44-38)39(47)36-31(27-21-22-27)17-11-18-33(36)42/h5-20,27-28,32,49H,4,21-26H2,1-3H3/t28-,32-/m1/s1. The van der Waals surface area contributed by atoms with Crippen LogP contribution in [0.2, 0.25) is 10.1 Å². The lowest BCUT2D eigenvalue weighted by Gasteiger charge is -2.46. The molecule has 2 aliphatic rings. The van der Waals surface area contributed by atoms with Crippen LogP contribution in [0, 0.1) is 17.7 Å². The number of ether oxygens (including phenoxy) is 1. The number of hydrogen-bond acceptors (Lipinski definition) is 6. The maximum Gasteiger partial charge on any atom is 0.309 e.